The second kappa shape index (κ2) is 8.57. The third-order valence-corrected chi connectivity index (χ3v) is 6.90. The van der Waals surface area contributed by atoms with Gasteiger partial charge in [0.1, 0.15) is 24.6 Å². The maximum atomic E-state index is 11.3. The molecule has 0 aromatic heterocycles. The van der Waals surface area contributed by atoms with E-state index in [0.717, 1.165) is 22.5 Å². The monoisotopic (exact) mass is 478 g/mol. The molecule has 4 heteroatoms. The van der Waals surface area contributed by atoms with Crippen molar-refractivity contribution in [3.63, 3.8) is 0 Å². The molecule has 2 aromatic rings. The molecule has 0 spiro atoms. The summed E-state index contributed by atoms with van der Waals surface area (Å²) in [7, 11) is 0. The molecule has 0 aliphatic carbocycles. The molecule has 1 heterocycles. The van der Waals surface area contributed by atoms with Crippen LogP contribution < -0.4 is 4.90 Å². The number of benzene rings is 2. The lowest BCUT2D eigenvalue weighted by Crippen LogP contribution is -2.22. The van der Waals surface area contributed by atoms with Crippen LogP contribution in [0.1, 0.15) is 105 Å². The molecule has 1 aliphatic heterocycles. The molecule has 0 atom stereocenters. The molecule has 0 unspecified atom stereocenters. The van der Waals surface area contributed by atoms with Crippen molar-refractivity contribution in [1.29, 1.82) is 0 Å². The molecule has 0 amide bonds. The summed E-state index contributed by atoms with van der Waals surface area (Å²) in [5.74, 6) is 0.616. The van der Waals surface area contributed by atoms with E-state index in [0.29, 0.717) is 24.6 Å². The summed E-state index contributed by atoms with van der Waals surface area (Å²) in [5, 5.41) is 22.7. The predicted octanol–water partition coefficient (Wildman–Crippen LogP) is 7.36. The molecule has 0 saturated carbocycles. The Morgan fingerprint density at radius 1 is 0.657 bits per heavy atom. The number of rotatable bonds is 2. The van der Waals surface area contributed by atoms with Gasteiger partial charge in [-0.15, -0.1) is 0 Å². The summed E-state index contributed by atoms with van der Waals surface area (Å²) in [4.78, 5) is 2.00. The van der Waals surface area contributed by atoms with E-state index in [2.05, 4.69) is 114 Å². The van der Waals surface area contributed by atoms with E-state index in [1.165, 1.54) is 11.1 Å². The first-order valence-corrected chi connectivity index (χ1v) is 12.8. The van der Waals surface area contributed by atoms with E-state index in [9.17, 15) is 10.2 Å². The fourth-order valence-electron chi connectivity index (χ4n) is 4.45. The van der Waals surface area contributed by atoms with Gasteiger partial charge in [-0.3, -0.25) is 0 Å². The fraction of sp³-hybridized carbons (Fsp3) is 0.581. The van der Waals surface area contributed by atoms with Crippen molar-refractivity contribution >= 4 is 17.7 Å². The van der Waals surface area contributed by atoms with Crippen molar-refractivity contribution in [2.75, 3.05) is 18.0 Å². The summed E-state index contributed by atoms with van der Waals surface area (Å²) in [6.45, 7) is 27.3. The van der Waals surface area contributed by atoms with Gasteiger partial charge in [0.15, 0.2) is 0 Å². The van der Waals surface area contributed by atoms with Crippen LogP contribution in [0.25, 0.3) is 0 Å². The minimum absolute atomic E-state index is 0.0528. The number of aromatic hydroxyl groups is 2. The number of hydrogen-bond donors (Lipinski definition) is 2. The summed E-state index contributed by atoms with van der Waals surface area (Å²) >= 11 is 0. The summed E-state index contributed by atoms with van der Waals surface area (Å²) in [6, 6.07) is 8.46. The Morgan fingerprint density at radius 3 is 1.57 bits per heavy atom. The lowest BCUT2D eigenvalue weighted by Gasteiger charge is -2.30. The molecule has 0 saturated heterocycles. The van der Waals surface area contributed by atoms with Crippen LogP contribution >= 0.6 is 0 Å². The molecule has 192 valence electrons. The van der Waals surface area contributed by atoms with E-state index in [1.807, 2.05) is 9.48 Å². The number of phenolic OH excluding ortho intramolecular Hbond substituents is 2. The smallest absolute Gasteiger partial charge is 0.206 e. The highest BCUT2D eigenvalue weighted by Crippen LogP contribution is 2.44. The molecule has 3 rings (SSSR count). The van der Waals surface area contributed by atoms with Crippen LogP contribution in [0, 0.1) is 0 Å². The number of nitrogens with zero attached hydrogens (tertiary/aromatic N) is 2. The van der Waals surface area contributed by atoms with Crippen LogP contribution in [0.2, 0.25) is 0 Å². The van der Waals surface area contributed by atoms with Gasteiger partial charge in [0.2, 0.25) is 6.34 Å². The van der Waals surface area contributed by atoms with E-state index in [1.54, 1.807) is 0 Å². The summed E-state index contributed by atoms with van der Waals surface area (Å²) in [5.41, 5.74) is 5.29. The zero-order valence-electron chi connectivity index (χ0n) is 24.0. The van der Waals surface area contributed by atoms with Gasteiger partial charge in [0.05, 0.1) is 11.4 Å². The first-order valence-electron chi connectivity index (χ1n) is 12.8. The molecule has 4 nitrogen and oxygen atoms in total. The van der Waals surface area contributed by atoms with Gasteiger partial charge in [-0.05, 0) is 32.8 Å². The van der Waals surface area contributed by atoms with Crippen molar-refractivity contribution in [3.05, 3.63) is 46.5 Å². The Bertz CT molecular complexity index is 1150. The first-order chi connectivity index (χ1) is 15.7. The van der Waals surface area contributed by atoms with Gasteiger partial charge in [-0.25, -0.2) is 0 Å². The van der Waals surface area contributed by atoms with Crippen LogP contribution in [0.5, 0.6) is 11.5 Å². The minimum Gasteiger partial charge on any atom is -0.516 e. The Hall–Kier alpha value is -2.49. The Kier molecular flexibility index (Phi) is 6.63. The average Bonchev–Trinajstić information content (AvgIpc) is 3.14. The van der Waals surface area contributed by atoms with Crippen molar-refractivity contribution in [1.82, 2.24) is 0 Å². The second-order valence-electron chi connectivity index (χ2n) is 14.2. The van der Waals surface area contributed by atoms with E-state index in [-0.39, 0.29) is 21.7 Å². The van der Waals surface area contributed by atoms with Gasteiger partial charge >= 0.3 is 0 Å². The zero-order valence-corrected chi connectivity index (χ0v) is 24.0. The molecule has 2 N–H and O–H groups in total. The number of anilines is 1. The third-order valence-electron chi connectivity index (χ3n) is 6.90. The molecule has 1 aliphatic rings. The normalized spacial score (nSPS) is 15.5. The van der Waals surface area contributed by atoms with Gasteiger partial charge in [0.25, 0.3) is 0 Å². The Morgan fingerprint density at radius 2 is 1.11 bits per heavy atom. The van der Waals surface area contributed by atoms with Crippen molar-refractivity contribution in [2.45, 2.75) is 105 Å². The Balaban J connectivity index is 2.19. The van der Waals surface area contributed by atoms with Gasteiger partial charge < -0.3 is 19.7 Å². The zero-order chi connectivity index (χ0) is 26.7. The third kappa shape index (κ3) is 5.52. The highest BCUT2D eigenvalue weighted by atomic mass is 16.3. The van der Waals surface area contributed by atoms with E-state index < -0.39 is 0 Å². The van der Waals surface area contributed by atoms with Crippen LogP contribution in [0.15, 0.2) is 24.3 Å². The lowest BCUT2D eigenvalue weighted by molar-refractivity contribution is -0.425. The van der Waals surface area contributed by atoms with Gasteiger partial charge in [-0.2, -0.15) is 0 Å². The SMILES string of the molecule is CC(C)(C)c1cc(N2[C-]=[N+](c3cc(C(C)(C)C)cc(C(C)(C)C)c3O)CC2)c(O)c(C(C)(C)C)c1. The Labute approximate surface area is 213 Å². The molecule has 2 aromatic carbocycles. The molecule has 0 radical (unpaired) electrons. The quantitative estimate of drug-likeness (QED) is 0.350. The fourth-order valence-corrected chi connectivity index (χ4v) is 4.45. The largest absolute Gasteiger partial charge is 0.516 e. The van der Waals surface area contributed by atoms with Gasteiger partial charge in [0, 0.05) is 0 Å². The first kappa shape index (κ1) is 27.1. The summed E-state index contributed by atoms with van der Waals surface area (Å²) < 4.78 is 2.00. The van der Waals surface area contributed by atoms with Crippen molar-refractivity contribution < 1.29 is 14.8 Å². The number of phenols is 2. The van der Waals surface area contributed by atoms with Crippen molar-refractivity contribution in [2.24, 2.45) is 0 Å². The topological polar surface area (TPSA) is 46.7 Å². The summed E-state index contributed by atoms with van der Waals surface area (Å²) in [6.07, 6.45) is 3.47. The van der Waals surface area contributed by atoms with E-state index in [4.69, 9.17) is 0 Å². The maximum Gasteiger partial charge on any atom is 0.206 e. The molecule has 0 fully saturated rings. The molecular weight excluding hydrogens is 432 g/mol. The molecule has 35 heavy (non-hydrogen) atoms. The van der Waals surface area contributed by atoms with Crippen LogP contribution in [-0.2, 0) is 21.7 Å². The second-order valence-corrected chi connectivity index (χ2v) is 14.2. The van der Waals surface area contributed by atoms with Crippen LogP contribution in [0.3, 0.4) is 0 Å². The minimum atomic E-state index is -0.194. The van der Waals surface area contributed by atoms with Gasteiger partial charge in [-0.1, -0.05) is 118 Å². The van der Waals surface area contributed by atoms with Crippen LogP contribution in [-0.4, -0.2) is 34.2 Å². The highest BCUT2D eigenvalue weighted by Gasteiger charge is 2.30. The maximum absolute atomic E-state index is 11.3. The molecular formula is C31H46N2O2. The molecule has 0 bridgehead atoms. The average molecular weight is 479 g/mol. The highest BCUT2D eigenvalue weighted by molar-refractivity contribution is 5.83. The van der Waals surface area contributed by atoms with Crippen molar-refractivity contribution in [3.8, 4) is 11.5 Å². The number of hydrogen-bond acceptors (Lipinski definition) is 3. The lowest BCUT2D eigenvalue weighted by atomic mass is 9.79. The predicted molar refractivity (Wildman–Crippen MR) is 148 cm³/mol. The van der Waals surface area contributed by atoms with Crippen LogP contribution in [0.4, 0.5) is 11.4 Å². The van der Waals surface area contributed by atoms with E-state index >= 15 is 0 Å². The standard InChI is InChI=1S/C31H46N2O2/c1-28(2,3)20-15-22(30(7,8)9)26(34)24(17-20)32-13-14-33(19-32)25-18-21(29(4,5)6)16-23(27(25)35)31(10,11)12/h15-18,34-35H,13-14H2,1-12H3.